The fraction of sp³-hybridized carbons (Fsp3) is 0.739. The SMILES string of the molecule is CC.CCCCC[C@H](O)/C=C/[C@H]1CCC(=O)[C@@H]1C/C=C\CCCC(=O)OC. The molecule has 1 aliphatic rings. The maximum atomic E-state index is 12.1. The van der Waals surface area contributed by atoms with Crippen molar-refractivity contribution in [1.82, 2.24) is 0 Å². The van der Waals surface area contributed by atoms with Gasteiger partial charge in [-0.2, -0.15) is 0 Å². The van der Waals surface area contributed by atoms with Crippen molar-refractivity contribution in [3.8, 4) is 0 Å². The van der Waals surface area contributed by atoms with Gasteiger partial charge in [-0.25, -0.2) is 0 Å². The van der Waals surface area contributed by atoms with Gasteiger partial charge in [0, 0.05) is 18.8 Å². The minimum Gasteiger partial charge on any atom is -0.469 e. The smallest absolute Gasteiger partial charge is 0.305 e. The number of aliphatic hydroxyl groups excluding tert-OH is 1. The molecule has 0 saturated heterocycles. The van der Waals surface area contributed by atoms with Gasteiger partial charge >= 0.3 is 5.97 Å². The first-order valence-electron chi connectivity index (χ1n) is 10.7. The Kier molecular flexibility index (Phi) is 15.9. The number of hydrogen-bond acceptors (Lipinski definition) is 4. The molecule has 0 radical (unpaired) electrons. The molecular formula is C23H40O4. The topological polar surface area (TPSA) is 63.6 Å². The van der Waals surface area contributed by atoms with Crippen LogP contribution in [0.25, 0.3) is 0 Å². The minimum absolute atomic E-state index is 0.0379. The van der Waals surface area contributed by atoms with E-state index in [1.165, 1.54) is 7.11 Å². The van der Waals surface area contributed by atoms with E-state index in [1.54, 1.807) is 0 Å². The van der Waals surface area contributed by atoms with Gasteiger partial charge in [0.2, 0.25) is 0 Å². The van der Waals surface area contributed by atoms with E-state index in [-0.39, 0.29) is 17.8 Å². The number of Topliss-reactive ketones (excluding diaryl/α,β-unsaturated/α-hetero) is 1. The van der Waals surface area contributed by atoms with Crippen molar-refractivity contribution in [1.29, 1.82) is 0 Å². The second-order valence-electron chi connectivity index (χ2n) is 6.90. The Morgan fingerprint density at radius 2 is 2.00 bits per heavy atom. The summed E-state index contributed by atoms with van der Waals surface area (Å²) in [6.07, 6.45) is 16.1. The summed E-state index contributed by atoms with van der Waals surface area (Å²) in [5.41, 5.74) is 0. The van der Waals surface area contributed by atoms with Gasteiger partial charge < -0.3 is 9.84 Å². The number of hydrogen-bond donors (Lipinski definition) is 1. The number of aliphatic hydroxyl groups is 1. The lowest BCUT2D eigenvalue weighted by molar-refractivity contribution is -0.140. The fourth-order valence-corrected chi connectivity index (χ4v) is 3.27. The predicted octanol–water partition coefficient (Wildman–Crippen LogP) is 5.39. The number of ether oxygens (including phenoxy) is 1. The molecular weight excluding hydrogens is 340 g/mol. The molecule has 1 N–H and O–H groups in total. The molecule has 1 aliphatic carbocycles. The second kappa shape index (κ2) is 16.7. The Hall–Kier alpha value is -1.42. The number of carbonyl (C=O) groups excluding carboxylic acids is 2. The number of allylic oxidation sites excluding steroid dienone is 3. The average molecular weight is 381 g/mol. The second-order valence-corrected chi connectivity index (χ2v) is 6.90. The van der Waals surface area contributed by atoms with Gasteiger partial charge in [-0.1, -0.05) is 64.3 Å². The first-order chi connectivity index (χ1) is 13.1. The van der Waals surface area contributed by atoms with Crippen LogP contribution in [0.2, 0.25) is 0 Å². The molecule has 156 valence electrons. The van der Waals surface area contributed by atoms with Crippen molar-refractivity contribution in [2.24, 2.45) is 11.8 Å². The predicted molar refractivity (Wildman–Crippen MR) is 111 cm³/mol. The lowest BCUT2D eigenvalue weighted by Crippen LogP contribution is -2.13. The van der Waals surface area contributed by atoms with Crippen LogP contribution in [0.4, 0.5) is 0 Å². The van der Waals surface area contributed by atoms with Crippen molar-refractivity contribution in [3.05, 3.63) is 24.3 Å². The van der Waals surface area contributed by atoms with E-state index in [1.807, 2.05) is 19.9 Å². The lowest BCUT2D eigenvalue weighted by atomic mass is 9.91. The van der Waals surface area contributed by atoms with Gasteiger partial charge in [0.1, 0.15) is 5.78 Å². The van der Waals surface area contributed by atoms with Gasteiger partial charge in [0.25, 0.3) is 0 Å². The highest BCUT2D eigenvalue weighted by Gasteiger charge is 2.31. The third-order valence-electron chi connectivity index (χ3n) is 4.87. The largest absolute Gasteiger partial charge is 0.469 e. The highest BCUT2D eigenvalue weighted by Crippen LogP contribution is 2.33. The minimum atomic E-state index is -0.392. The van der Waals surface area contributed by atoms with Crippen LogP contribution in [0.3, 0.4) is 0 Å². The lowest BCUT2D eigenvalue weighted by Gasteiger charge is -2.13. The van der Waals surface area contributed by atoms with E-state index >= 15 is 0 Å². The van der Waals surface area contributed by atoms with Gasteiger partial charge in [-0.05, 0) is 38.0 Å². The zero-order valence-electron chi connectivity index (χ0n) is 17.8. The third kappa shape index (κ3) is 11.8. The summed E-state index contributed by atoms with van der Waals surface area (Å²) in [5, 5.41) is 10.0. The molecule has 0 bridgehead atoms. The maximum Gasteiger partial charge on any atom is 0.305 e. The number of rotatable bonds is 12. The molecule has 1 fully saturated rings. The van der Waals surface area contributed by atoms with E-state index in [0.717, 1.165) is 51.4 Å². The highest BCUT2D eigenvalue weighted by molar-refractivity contribution is 5.83. The van der Waals surface area contributed by atoms with E-state index in [9.17, 15) is 14.7 Å². The van der Waals surface area contributed by atoms with Crippen LogP contribution in [-0.2, 0) is 14.3 Å². The van der Waals surface area contributed by atoms with E-state index in [0.29, 0.717) is 18.6 Å². The fourth-order valence-electron chi connectivity index (χ4n) is 3.27. The number of unbranched alkanes of at least 4 members (excludes halogenated alkanes) is 3. The normalized spacial score (nSPS) is 20.7. The molecule has 3 atom stereocenters. The molecule has 0 aromatic rings. The van der Waals surface area contributed by atoms with Gasteiger partial charge in [0.05, 0.1) is 13.2 Å². The zero-order chi connectivity index (χ0) is 20.5. The van der Waals surface area contributed by atoms with Gasteiger partial charge in [-0.3, -0.25) is 9.59 Å². The molecule has 0 aromatic heterocycles. The molecule has 0 spiro atoms. The summed E-state index contributed by atoms with van der Waals surface area (Å²) >= 11 is 0. The Bertz CT molecular complexity index is 453. The highest BCUT2D eigenvalue weighted by atomic mass is 16.5. The zero-order valence-corrected chi connectivity index (χ0v) is 17.8. The van der Waals surface area contributed by atoms with Crippen LogP contribution in [0.1, 0.15) is 85.0 Å². The quantitative estimate of drug-likeness (QED) is 0.280. The van der Waals surface area contributed by atoms with Crippen molar-refractivity contribution in [2.75, 3.05) is 7.11 Å². The average Bonchev–Trinajstić information content (AvgIpc) is 3.04. The summed E-state index contributed by atoms with van der Waals surface area (Å²) in [6.45, 7) is 6.15. The van der Waals surface area contributed by atoms with Crippen molar-refractivity contribution >= 4 is 11.8 Å². The van der Waals surface area contributed by atoms with Crippen molar-refractivity contribution in [3.63, 3.8) is 0 Å². The van der Waals surface area contributed by atoms with Crippen LogP contribution in [0, 0.1) is 11.8 Å². The molecule has 4 heteroatoms. The van der Waals surface area contributed by atoms with Gasteiger partial charge in [0.15, 0.2) is 0 Å². The molecule has 0 heterocycles. The molecule has 0 aliphatic heterocycles. The third-order valence-corrected chi connectivity index (χ3v) is 4.87. The molecule has 0 unspecified atom stereocenters. The molecule has 0 aromatic carbocycles. The first kappa shape index (κ1) is 25.6. The summed E-state index contributed by atoms with van der Waals surface area (Å²) in [6, 6.07) is 0. The Morgan fingerprint density at radius 1 is 1.26 bits per heavy atom. The van der Waals surface area contributed by atoms with E-state index < -0.39 is 6.10 Å². The molecule has 27 heavy (non-hydrogen) atoms. The number of carbonyl (C=O) groups is 2. The van der Waals surface area contributed by atoms with Crippen LogP contribution in [0.15, 0.2) is 24.3 Å². The van der Waals surface area contributed by atoms with Crippen LogP contribution >= 0.6 is 0 Å². The molecule has 1 saturated carbocycles. The van der Waals surface area contributed by atoms with E-state index in [2.05, 4.69) is 29.9 Å². The number of esters is 1. The van der Waals surface area contributed by atoms with Crippen LogP contribution in [0.5, 0.6) is 0 Å². The van der Waals surface area contributed by atoms with Crippen molar-refractivity contribution < 1.29 is 19.4 Å². The summed E-state index contributed by atoms with van der Waals surface area (Å²) in [5.74, 6) is 0.431. The molecule has 0 amide bonds. The molecule has 4 nitrogen and oxygen atoms in total. The molecule has 1 rings (SSSR count). The van der Waals surface area contributed by atoms with E-state index in [4.69, 9.17) is 0 Å². The van der Waals surface area contributed by atoms with Crippen LogP contribution < -0.4 is 0 Å². The number of ketones is 1. The summed E-state index contributed by atoms with van der Waals surface area (Å²) in [4.78, 5) is 23.1. The van der Waals surface area contributed by atoms with Gasteiger partial charge in [-0.15, -0.1) is 0 Å². The monoisotopic (exact) mass is 380 g/mol. The standard InChI is InChI=1S/C21H34O4.C2H6/c1-3-4-7-10-18(22)15-13-17-14-16-20(23)19(17)11-8-5-6-9-12-21(24)25-2;1-2/h5,8,13,15,17-19,22H,3-4,6-7,9-12,14,16H2,1-2H3;1-2H3/b8-5-,15-13+;/t17-,18-,19+;/m0./s1. The Balaban J connectivity index is 0.00000326. The summed E-state index contributed by atoms with van der Waals surface area (Å²) in [7, 11) is 1.40. The van der Waals surface area contributed by atoms with Crippen molar-refractivity contribution in [2.45, 2.75) is 91.1 Å². The Morgan fingerprint density at radius 3 is 2.67 bits per heavy atom. The number of methoxy groups -OCH3 is 1. The first-order valence-corrected chi connectivity index (χ1v) is 10.7. The Labute approximate surface area is 166 Å². The summed E-state index contributed by atoms with van der Waals surface area (Å²) < 4.78 is 4.61. The van der Waals surface area contributed by atoms with Crippen LogP contribution in [-0.4, -0.2) is 30.1 Å². The maximum absolute atomic E-state index is 12.1.